The van der Waals surface area contributed by atoms with Gasteiger partial charge in [0.25, 0.3) is 5.56 Å². The Labute approximate surface area is 253 Å². The summed E-state index contributed by atoms with van der Waals surface area (Å²) in [6.07, 6.45) is 4.02. The number of nitrogens with one attached hydrogen (secondary N) is 1. The Kier molecular flexibility index (Phi) is 8.43. The van der Waals surface area contributed by atoms with Crippen LogP contribution in [0.5, 0.6) is 5.75 Å². The van der Waals surface area contributed by atoms with Crippen LogP contribution in [0.2, 0.25) is 5.02 Å². The third-order valence-electron chi connectivity index (χ3n) is 7.68. The summed E-state index contributed by atoms with van der Waals surface area (Å²) in [5.41, 5.74) is 2.17. The summed E-state index contributed by atoms with van der Waals surface area (Å²) in [5.74, 6) is -0.618. The number of anilines is 1. The first kappa shape index (κ1) is 30.1. The summed E-state index contributed by atoms with van der Waals surface area (Å²) in [5, 5.41) is 4.05. The number of halogens is 1. The summed E-state index contributed by atoms with van der Waals surface area (Å²) >= 11 is 6.16. The van der Waals surface area contributed by atoms with Gasteiger partial charge in [0.2, 0.25) is 5.91 Å². The summed E-state index contributed by atoms with van der Waals surface area (Å²) in [6.45, 7) is 3.95. The zero-order chi connectivity index (χ0) is 30.9. The van der Waals surface area contributed by atoms with E-state index in [0.29, 0.717) is 38.8 Å². The lowest BCUT2D eigenvalue weighted by atomic mass is 9.88. The quantitative estimate of drug-likeness (QED) is 0.214. The third-order valence-corrected chi connectivity index (χ3v) is 7.92. The number of Topliss-reactive ketones (excluding diaryl/α,β-unsaturated/α-hetero) is 1. The molecule has 2 aromatic carbocycles. The zero-order valence-electron chi connectivity index (χ0n) is 24.4. The molecule has 43 heavy (non-hydrogen) atoms. The molecule has 10 nitrogen and oxygen atoms in total. The molecule has 3 heterocycles. The molecular formula is C32H32ClN3O7. The lowest BCUT2D eigenvalue weighted by Gasteiger charge is -2.38. The molecule has 2 aromatic heterocycles. The molecule has 0 unspecified atom stereocenters. The Hall–Kier alpha value is -4.41. The van der Waals surface area contributed by atoms with Crippen molar-refractivity contribution in [2.45, 2.75) is 45.4 Å². The highest BCUT2D eigenvalue weighted by molar-refractivity contribution is 6.31. The molecule has 1 spiro atoms. The second-order valence-corrected chi connectivity index (χ2v) is 10.9. The number of hydrogen-bond acceptors (Lipinski definition) is 7. The lowest BCUT2D eigenvalue weighted by Crippen LogP contribution is -2.39. The first-order chi connectivity index (χ1) is 20.6. The average molecular weight is 606 g/mol. The van der Waals surface area contributed by atoms with Crippen molar-refractivity contribution in [1.82, 2.24) is 9.13 Å². The van der Waals surface area contributed by atoms with Crippen LogP contribution >= 0.6 is 11.6 Å². The Balaban J connectivity index is 0.000000868. The smallest absolute Gasteiger partial charge is 0.357 e. The number of aromatic nitrogens is 2. The summed E-state index contributed by atoms with van der Waals surface area (Å²) < 4.78 is 18.9. The van der Waals surface area contributed by atoms with Gasteiger partial charge in [0.1, 0.15) is 18.0 Å². The molecule has 0 atom stereocenters. The SMILES string of the molecule is CCOC.COc1cn(CC(=O)Nc2ccc3c(c2)cc2n3C3(CCC3)OC2=O)c(=O)cc1-c1cc(Cl)ccc1C(C)=O. The molecule has 1 fully saturated rings. The van der Waals surface area contributed by atoms with Gasteiger partial charge in [0.05, 0.1) is 18.8 Å². The molecule has 1 aliphatic heterocycles. The van der Waals surface area contributed by atoms with Crippen molar-refractivity contribution in [3.8, 4) is 16.9 Å². The van der Waals surface area contributed by atoms with Crippen LogP contribution in [0.4, 0.5) is 5.69 Å². The number of rotatable bonds is 7. The molecule has 224 valence electrons. The maximum Gasteiger partial charge on any atom is 0.357 e. The van der Waals surface area contributed by atoms with Crippen LogP contribution in [0.1, 0.15) is 54.0 Å². The predicted molar refractivity (Wildman–Crippen MR) is 163 cm³/mol. The molecule has 1 amide bonds. The maximum absolute atomic E-state index is 13.0. The second-order valence-electron chi connectivity index (χ2n) is 10.4. The topological polar surface area (TPSA) is 118 Å². The third kappa shape index (κ3) is 5.68. The molecule has 4 aromatic rings. The largest absolute Gasteiger partial charge is 0.495 e. The standard InChI is InChI=1S/C29H24ClN3O6.C3H8O/c1-16(34)20-6-4-18(30)12-21(20)22-13-27(36)32(14-25(22)38-2)15-26(35)31-19-5-7-23-17(10-19)11-24-28(37)39-29(33(23)24)8-3-9-29;1-3-4-2/h4-7,10-14H,3,8-9,15H2,1-2H3,(H,31,35);3H2,1-2H3. The number of carbonyl (C=O) groups excluding carboxylic acids is 3. The van der Waals surface area contributed by atoms with Gasteiger partial charge in [0.15, 0.2) is 11.5 Å². The van der Waals surface area contributed by atoms with Crippen molar-refractivity contribution in [2.24, 2.45) is 0 Å². The monoisotopic (exact) mass is 605 g/mol. The van der Waals surface area contributed by atoms with E-state index in [1.165, 1.54) is 30.9 Å². The Morgan fingerprint density at radius 1 is 1.05 bits per heavy atom. The molecule has 6 rings (SSSR count). The summed E-state index contributed by atoms with van der Waals surface area (Å²) in [4.78, 5) is 50.5. The van der Waals surface area contributed by atoms with E-state index >= 15 is 0 Å². The minimum absolute atomic E-state index is 0.183. The molecule has 0 radical (unpaired) electrons. The number of ether oxygens (including phenoxy) is 3. The fourth-order valence-corrected chi connectivity index (χ4v) is 5.58. The number of ketones is 1. The van der Waals surface area contributed by atoms with Crippen molar-refractivity contribution < 1.29 is 28.6 Å². The van der Waals surface area contributed by atoms with Crippen molar-refractivity contribution in [3.63, 3.8) is 0 Å². The lowest BCUT2D eigenvalue weighted by molar-refractivity contribution is -0.116. The molecule has 2 aliphatic rings. The van der Waals surface area contributed by atoms with E-state index in [2.05, 4.69) is 10.1 Å². The van der Waals surface area contributed by atoms with Gasteiger partial charge >= 0.3 is 5.97 Å². The van der Waals surface area contributed by atoms with E-state index in [4.69, 9.17) is 21.1 Å². The first-order valence-corrected chi connectivity index (χ1v) is 14.3. The Morgan fingerprint density at radius 2 is 1.79 bits per heavy atom. The second kappa shape index (κ2) is 12.1. The fourth-order valence-electron chi connectivity index (χ4n) is 5.41. The van der Waals surface area contributed by atoms with Crippen molar-refractivity contribution in [1.29, 1.82) is 0 Å². The van der Waals surface area contributed by atoms with Crippen molar-refractivity contribution in [2.75, 3.05) is 26.1 Å². The number of hydrogen-bond donors (Lipinski definition) is 1. The summed E-state index contributed by atoms with van der Waals surface area (Å²) in [6, 6.07) is 13.3. The number of methoxy groups -OCH3 is 2. The molecule has 1 aliphatic carbocycles. The van der Waals surface area contributed by atoms with Gasteiger partial charge in [-0.3, -0.25) is 19.0 Å². The number of esters is 1. The van der Waals surface area contributed by atoms with Gasteiger partial charge in [-0.15, -0.1) is 0 Å². The van der Waals surface area contributed by atoms with Gasteiger partial charge in [-0.25, -0.2) is 4.79 Å². The number of pyridine rings is 1. The van der Waals surface area contributed by atoms with Gasteiger partial charge in [0, 0.05) is 59.8 Å². The minimum Gasteiger partial charge on any atom is -0.495 e. The van der Waals surface area contributed by atoms with Crippen LogP contribution in [-0.2, 0) is 26.5 Å². The first-order valence-electron chi connectivity index (χ1n) is 13.9. The van der Waals surface area contributed by atoms with Crippen LogP contribution < -0.4 is 15.6 Å². The zero-order valence-corrected chi connectivity index (χ0v) is 25.1. The average Bonchev–Trinajstić information content (AvgIpc) is 3.48. The van der Waals surface area contributed by atoms with E-state index in [-0.39, 0.29) is 18.3 Å². The van der Waals surface area contributed by atoms with E-state index < -0.39 is 17.2 Å². The van der Waals surface area contributed by atoms with Gasteiger partial charge in [-0.05, 0) is 68.3 Å². The van der Waals surface area contributed by atoms with Gasteiger partial charge in [-0.1, -0.05) is 11.6 Å². The summed E-state index contributed by atoms with van der Waals surface area (Å²) in [7, 11) is 3.12. The normalized spacial score (nSPS) is 14.4. The highest BCUT2D eigenvalue weighted by Gasteiger charge is 2.50. The Morgan fingerprint density at radius 3 is 2.42 bits per heavy atom. The van der Waals surface area contributed by atoms with Gasteiger partial charge in [-0.2, -0.15) is 0 Å². The molecule has 11 heteroatoms. The Bertz CT molecular complexity index is 1800. The number of carbonyl (C=O) groups is 3. The maximum atomic E-state index is 13.0. The number of benzene rings is 2. The number of amides is 1. The van der Waals surface area contributed by atoms with Crippen LogP contribution in [-0.4, -0.2) is 47.6 Å². The van der Waals surface area contributed by atoms with Crippen molar-refractivity contribution in [3.05, 3.63) is 81.4 Å². The highest BCUT2D eigenvalue weighted by atomic mass is 35.5. The van der Waals surface area contributed by atoms with Gasteiger partial charge < -0.3 is 24.1 Å². The van der Waals surface area contributed by atoms with E-state index in [1.54, 1.807) is 43.5 Å². The van der Waals surface area contributed by atoms with E-state index in [1.807, 2.05) is 17.6 Å². The molecule has 1 saturated carbocycles. The number of fused-ring (bicyclic) bond motifs is 4. The molecule has 0 saturated heterocycles. The fraction of sp³-hybridized carbons (Fsp3) is 0.312. The van der Waals surface area contributed by atoms with Crippen LogP contribution in [0, 0.1) is 0 Å². The predicted octanol–water partition coefficient (Wildman–Crippen LogP) is 5.63. The van der Waals surface area contributed by atoms with Crippen LogP contribution in [0.15, 0.2) is 59.5 Å². The molecular weight excluding hydrogens is 574 g/mol. The highest BCUT2D eigenvalue weighted by Crippen LogP contribution is 2.48. The molecule has 0 bridgehead atoms. The van der Waals surface area contributed by atoms with E-state index in [9.17, 15) is 19.2 Å². The van der Waals surface area contributed by atoms with E-state index in [0.717, 1.165) is 36.8 Å². The molecule has 1 N–H and O–H groups in total. The van der Waals surface area contributed by atoms with Crippen LogP contribution in [0.3, 0.4) is 0 Å². The van der Waals surface area contributed by atoms with Crippen molar-refractivity contribution >= 4 is 45.9 Å². The number of nitrogens with zero attached hydrogens (tertiary/aromatic N) is 2. The van der Waals surface area contributed by atoms with Crippen LogP contribution in [0.25, 0.3) is 22.0 Å². The minimum atomic E-state index is -0.582.